The summed E-state index contributed by atoms with van der Waals surface area (Å²) >= 11 is 0. The average Bonchev–Trinajstić information content (AvgIpc) is 2.77. The molecule has 2 rings (SSSR count). The number of aliphatic hydroxyl groups is 1. The molecular formula is C11H20N4O2. The number of likely N-dealkylation sites (N-methyl/N-ethyl adjacent to an activating group) is 1. The van der Waals surface area contributed by atoms with Gasteiger partial charge in [-0.1, -0.05) is 5.16 Å². The van der Waals surface area contributed by atoms with Crippen molar-refractivity contribution < 1.29 is 9.63 Å². The highest BCUT2D eigenvalue weighted by Crippen LogP contribution is 2.03. The van der Waals surface area contributed by atoms with Crippen LogP contribution in [0.5, 0.6) is 0 Å². The van der Waals surface area contributed by atoms with Crippen molar-refractivity contribution in [3.8, 4) is 0 Å². The van der Waals surface area contributed by atoms with Gasteiger partial charge in [-0.05, 0) is 7.05 Å². The van der Waals surface area contributed by atoms with Gasteiger partial charge in [0.15, 0.2) is 5.82 Å². The van der Waals surface area contributed by atoms with Gasteiger partial charge in [0.2, 0.25) is 5.89 Å². The molecule has 1 aromatic rings. The lowest BCUT2D eigenvalue weighted by Gasteiger charge is -2.31. The Labute approximate surface area is 101 Å². The molecule has 0 aliphatic carbocycles. The van der Waals surface area contributed by atoms with Crippen LogP contribution in [0.15, 0.2) is 4.52 Å². The van der Waals surface area contributed by atoms with E-state index >= 15 is 0 Å². The van der Waals surface area contributed by atoms with Crippen LogP contribution < -0.4 is 0 Å². The molecular weight excluding hydrogens is 220 g/mol. The number of hydrogen-bond donors (Lipinski definition) is 1. The SMILES string of the molecule is CN1CCN(CCc2noc(CCO)n2)CC1. The second-order valence-electron chi connectivity index (χ2n) is 4.47. The van der Waals surface area contributed by atoms with Gasteiger partial charge >= 0.3 is 0 Å². The Bertz CT molecular complexity index is 334. The van der Waals surface area contributed by atoms with E-state index in [0.717, 1.165) is 45.0 Å². The molecule has 0 aromatic carbocycles. The minimum Gasteiger partial charge on any atom is -0.396 e. The molecule has 1 saturated heterocycles. The summed E-state index contributed by atoms with van der Waals surface area (Å²) in [5.74, 6) is 1.27. The summed E-state index contributed by atoms with van der Waals surface area (Å²) in [5.41, 5.74) is 0. The standard InChI is InChI=1S/C11H20N4O2/c1-14-5-7-15(8-6-14)4-2-10-12-11(3-9-16)17-13-10/h16H,2-9H2,1H3. The highest BCUT2D eigenvalue weighted by molar-refractivity contribution is 4.87. The van der Waals surface area contributed by atoms with Crippen LogP contribution >= 0.6 is 0 Å². The van der Waals surface area contributed by atoms with Crippen LogP contribution in [0.4, 0.5) is 0 Å². The molecule has 0 atom stereocenters. The van der Waals surface area contributed by atoms with Crippen molar-refractivity contribution in [2.75, 3.05) is 46.4 Å². The van der Waals surface area contributed by atoms with E-state index in [1.807, 2.05) is 0 Å². The van der Waals surface area contributed by atoms with Crippen molar-refractivity contribution in [2.45, 2.75) is 12.8 Å². The number of aliphatic hydroxyl groups excluding tert-OH is 1. The first-order chi connectivity index (χ1) is 8.28. The fraction of sp³-hybridized carbons (Fsp3) is 0.818. The highest BCUT2D eigenvalue weighted by Gasteiger charge is 2.14. The highest BCUT2D eigenvalue weighted by atomic mass is 16.5. The van der Waals surface area contributed by atoms with Crippen LogP contribution in [0.25, 0.3) is 0 Å². The van der Waals surface area contributed by atoms with E-state index in [-0.39, 0.29) is 6.61 Å². The third kappa shape index (κ3) is 3.76. The summed E-state index contributed by atoms with van der Waals surface area (Å²) in [7, 11) is 2.15. The third-order valence-corrected chi connectivity index (χ3v) is 3.08. The topological polar surface area (TPSA) is 65.6 Å². The maximum atomic E-state index is 8.75. The van der Waals surface area contributed by atoms with E-state index in [4.69, 9.17) is 9.63 Å². The number of hydrogen-bond acceptors (Lipinski definition) is 6. The largest absolute Gasteiger partial charge is 0.396 e. The Morgan fingerprint density at radius 1 is 1.24 bits per heavy atom. The Hall–Kier alpha value is -0.980. The van der Waals surface area contributed by atoms with E-state index < -0.39 is 0 Å². The summed E-state index contributed by atoms with van der Waals surface area (Å²) in [6.45, 7) is 5.51. The summed E-state index contributed by atoms with van der Waals surface area (Å²) in [4.78, 5) is 8.98. The summed E-state index contributed by atoms with van der Waals surface area (Å²) in [6, 6.07) is 0. The minimum absolute atomic E-state index is 0.0556. The Balaban J connectivity index is 1.73. The summed E-state index contributed by atoms with van der Waals surface area (Å²) < 4.78 is 5.01. The molecule has 1 N–H and O–H groups in total. The number of aromatic nitrogens is 2. The molecule has 96 valence electrons. The lowest BCUT2D eigenvalue weighted by atomic mass is 10.3. The molecule has 0 saturated carbocycles. The van der Waals surface area contributed by atoms with Gasteiger partial charge in [-0.25, -0.2) is 0 Å². The molecule has 0 unspecified atom stereocenters. The first-order valence-corrected chi connectivity index (χ1v) is 6.11. The van der Waals surface area contributed by atoms with Crippen molar-refractivity contribution in [3.05, 3.63) is 11.7 Å². The van der Waals surface area contributed by atoms with Crippen molar-refractivity contribution >= 4 is 0 Å². The van der Waals surface area contributed by atoms with Crippen LogP contribution in [0, 0.1) is 0 Å². The minimum atomic E-state index is 0.0556. The smallest absolute Gasteiger partial charge is 0.228 e. The van der Waals surface area contributed by atoms with Crippen LogP contribution in [0.1, 0.15) is 11.7 Å². The van der Waals surface area contributed by atoms with E-state index in [1.54, 1.807) is 0 Å². The predicted octanol–water partition coefficient (Wildman–Crippen LogP) is -0.606. The quantitative estimate of drug-likeness (QED) is 0.741. The molecule has 0 bridgehead atoms. The van der Waals surface area contributed by atoms with Crippen LogP contribution in [-0.2, 0) is 12.8 Å². The van der Waals surface area contributed by atoms with E-state index in [9.17, 15) is 0 Å². The second kappa shape index (κ2) is 6.09. The summed E-state index contributed by atoms with van der Waals surface area (Å²) in [6.07, 6.45) is 1.26. The molecule has 17 heavy (non-hydrogen) atoms. The lowest BCUT2D eigenvalue weighted by molar-refractivity contribution is 0.154. The molecule has 6 nitrogen and oxygen atoms in total. The van der Waals surface area contributed by atoms with Crippen molar-refractivity contribution in [1.82, 2.24) is 19.9 Å². The number of piperazine rings is 1. The van der Waals surface area contributed by atoms with Gasteiger partial charge in [0.25, 0.3) is 0 Å². The van der Waals surface area contributed by atoms with Crippen molar-refractivity contribution in [3.63, 3.8) is 0 Å². The third-order valence-electron chi connectivity index (χ3n) is 3.08. The Morgan fingerprint density at radius 2 is 2.00 bits per heavy atom. The molecule has 1 aliphatic rings. The van der Waals surface area contributed by atoms with Crippen molar-refractivity contribution in [1.29, 1.82) is 0 Å². The van der Waals surface area contributed by atoms with Crippen molar-refractivity contribution in [2.24, 2.45) is 0 Å². The van der Waals surface area contributed by atoms with Crippen LogP contribution in [0.2, 0.25) is 0 Å². The van der Waals surface area contributed by atoms with Gasteiger partial charge in [-0.15, -0.1) is 0 Å². The average molecular weight is 240 g/mol. The zero-order valence-corrected chi connectivity index (χ0v) is 10.3. The molecule has 6 heteroatoms. The molecule has 2 heterocycles. The molecule has 1 aliphatic heterocycles. The zero-order chi connectivity index (χ0) is 12.1. The van der Waals surface area contributed by atoms with Gasteiger partial charge < -0.3 is 19.4 Å². The first-order valence-electron chi connectivity index (χ1n) is 6.11. The van der Waals surface area contributed by atoms with Gasteiger partial charge in [-0.2, -0.15) is 4.98 Å². The van der Waals surface area contributed by atoms with Crippen LogP contribution in [-0.4, -0.2) is 71.4 Å². The monoisotopic (exact) mass is 240 g/mol. The Morgan fingerprint density at radius 3 is 2.71 bits per heavy atom. The molecule has 0 spiro atoms. The molecule has 1 aromatic heterocycles. The summed E-state index contributed by atoms with van der Waals surface area (Å²) in [5, 5.41) is 12.6. The fourth-order valence-corrected chi connectivity index (χ4v) is 1.92. The lowest BCUT2D eigenvalue weighted by Crippen LogP contribution is -2.45. The van der Waals surface area contributed by atoms with Gasteiger partial charge in [0, 0.05) is 39.1 Å². The molecule has 0 radical (unpaired) electrons. The number of rotatable bonds is 5. The zero-order valence-electron chi connectivity index (χ0n) is 10.3. The Kier molecular flexibility index (Phi) is 4.47. The van der Waals surface area contributed by atoms with E-state index in [2.05, 4.69) is 27.0 Å². The van der Waals surface area contributed by atoms with E-state index in [1.165, 1.54) is 0 Å². The second-order valence-corrected chi connectivity index (χ2v) is 4.47. The van der Waals surface area contributed by atoms with Gasteiger partial charge in [0.1, 0.15) is 0 Å². The fourth-order valence-electron chi connectivity index (χ4n) is 1.92. The normalized spacial score (nSPS) is 18.7. The van der Waals surface area contributed by atoms with Crippen LogP contribution in [0.3, 0.4) is 0 Å². The molecule has 0 amide bonds. The predicted molar refractivity (Wildman–Crippen MR) is 62.7 cm³/mol. The van der Waals surface area contributed by atoms with E-state index in [0.29, 0.717) is 12.3 Å². The number of nitrogens with zero attached hydrogens (tertiary/aromatic N) is 4. The molecule has 1 fully saturated rings. The first kappa shape index (κ1) is 12.5. The van der Waals surface area contributed by atoms with Gasteiger partial charge in [0.05, 0.1) is 13.0 Å². The maximum absolute atomic E-state index is 8.75. The van der Waals surface area contributed by atoms with Gasteiger partial charge in [-0.3, -0.25) is 0 Å². The maximum Gasteiger partial charge on any atom is 0.228 e.